The highest BCUT2D eigenvalue weighted by Crippen LogP contribution is 2.20. The van der Waals surface area contributed by atoms with Crippen molar-refractivity contribution in [3.05, 3.63) is 28.4 Å². The summed E-state index contributed by atoms with van der Waals surface area (Å²) in [5.41, 5.74) is -0.0248. The molecule has 0 aliphatic carbocycles. The van der Waals surface area contributed by atoms with Crippen molar-refractivity contribution in [3.63, 3.8) is 0 Å². The Labute approximate surface area is 116 Å². The van der Waals surface area contributed by atoms with E-state index in [-0.39, 0.29) is 11.6 Å². The van der Waals surface area contributed by atoms with E-state index in [1.54, 1.807) is 4.90 Å². The van der Waals surface area contributed by atoms with Crippen molar-refractivity contribution in [1.29, 1.82) is 0 Å². The summed E-state index contributed by atoms with van der Waals surface area (Å²) in [6.07, 6.45) is 1.39. The molecule has 1 atom stereocenters. The van der Waals surface area contributed by atoms with Crippen molar-refractivity contribution >= 4 is 17.4 Å². The van der Waals surface area contributed by atoms with Crippen molar-refractivity contribution in [1.82, 2.24) is 15.6 Å². The number of hydrogen-bond donors (Lipinski definition) is 2. The van der Waals surface area contributed by atoms with E-state index in [1.807, 2.05) is 6.92 Å². The SMILES string of the molecule is CCNC(=O)C1CNCCN1c1cc([N+](=O)[O-])ccn1. The van der Waals surface area contributed by atoms with E-state index in [9.17, 15) is 14.9 Å². The average Bonchev–Trinajstić information content (AvgIpc) is 2.47. The molecular formula is C12H17N5O3. The first-order valence-corrected chi connectivity index (χ1v) is 6.49. The van der Waals surface area contributed by atoms with E-state index in [2.05, 4.69) is 15.6 Å². The fourth-order valence-corrected chi connectivity index (χ4v) is 2.18. The molecule has 8 nitrogen and oxygen atoms in total. The van der Waals surface area contributed by atoms with Gasteiger partial charge in [0.05, 0.1) is 11.0 Å². The number of aromatic nitrogens is 1. The second-order valence-corrected chi connectivity index (χ2v) is 4.44. The fourth-order valence-electron chi connectivity index (χ4n) is 2.18. The lowest BCUT2D eigenvalue weighted by atomic mass is 10.1. The molecule has 2 N–H and O–H groups in total. The lowest BCUT2D eigenvalue weighted by molar-refractivity contribution is -0.384. The molecule has 108 valence electrons. The lowest BCUT2D eigenvalue weighted by Crippen LogP contribution is -2.58. The van der Waals surface area contributed by atoms with Gasteiger partial charge in [0.1, 0.15) is 11.9 Å². The number of likely N-dealkylation sites (N-methyl/N-ethyl adjacent to an activating group) is 1. The first-order valence-electron chi connectivity index (χ1n) is 6.49. The number of hydrogen-bond acceptors (Lipinski definition) is 6. The van der Waals surface area contributed by atoms with E-state index in [0.29, 0.717) is 32.0 Å². The third kappa shape index (κ3) is 3.02. The lowest BCUT2D eigenvalue weighted by Gasteiger charge is -2.35. The van der Waals surface area contributed by atoms with E-state index in [0.717, 1.165) is 0 Å². The summed E-state index contributed by atoms with van der Waals surface area (Å²) >= 11 is 0. The molecule has 0 spiro atoms. The van der Waals surface area contributed by atoms with Crippen molar-refractivity contribution in [3.8, 4) is 0 Å². The van der Waals surface area contributed by atoms with Crippen LogP contribution in [0.1, 0.15) is 6.92 Å². The highest BCUT2D eigenvalue weighted by atomic mass is 16.6. The van der Waals surface area contributed by atoms with Gasteiger partial charge in [-0.3, -0.25) is 14.9 Å². The molecule has 0 saturated carbocycles. The van der Waals surface area contributed by atoms with Crippen LogP contribution in [-0.2, 0) is 4.79 Å². The largest absolute Gasteiger partial charge is 0.355 e. The Hall–Kier alpha value is -2.22. The maximum Gasteiger partial charge on any atom is 0.274 e. The summed E-state index contributed by atoms with van der Waals surface area (Å²) in [5.74, 6) is 0.352. The first kappa shape index (κ1) is 14.2. The number of anilines is 1. The van der Waals surface area contributed by atoms with Crippen LogP contribution in [-0.4, -0.2) is 48.0 Å². The molecule has 2 rings (SSSR count). The number of nitrogens with zero attached hydrogens (tertiary/aromatic N) is 3. The molecule has 1 aromatic heterocycles. The predicted molar refractivity (Wildman–Crippen MR) is 73.6 cm³/mol. The van der Waals surface area contributed by atoms with Crippen LogP contribution < -0.4 is 15.5 Å². The van der Waals surface area contributed by atoms with Gasteiger partial charge in [0.25, 0.3) is 5.69 Å². The van der Waals surface area contributed by atoms with Crippen LogP contribution in [0.5, 0.6) is 0 Å². The van der Waals surface area contributed by atoms with Crippen LogP contribution in [0.3, 0.4) is 0 Å². The van der Waals surface area contributed by atoms with Crippen LogP contribution in [0.25, 0.3) is 0 Å². The Balaban J connectivity index is 2.25. The van der Waals surface area contributed by atoms with Gasteiger partial charge >= 0.3 is 0 Å². The Kier molecular flexibility index (Phi) is 4.46. The average molecular weight is 279 g/mol. The number of carbonyl (C=O) groups is 1. The highest BCUT2D eigenvalue weighted by Gasteiger charge is 2.29. The maximum atomic E-state index is 12.0. The van der Waals surface area contributed by atoms with Gasteiger partial charge < -0.3 is 15.5 Å². The van der Waals surface area contributed by atoms with Crippen molar-refractivity contribution in [2.24, 2.45) is 0 Å². The van der Waals surface area contributed by atoms with E-state index in [1.165, 1.54) is 18.3 Å². The van der Waals surface area contributed by atoms with Crippen LogP contribution in [0.15, 0.2) is 18.3 Å². The van der Waals surface area contributed by atoms with Gasteiger partial charge in [-0.25, -0.2) is 4.98 Å². The monoisotopic (exact) mass is 279 g/mol. The molecule has 0 radical (unpaired) electrons. The zero-order valence-corrected chi connectivity index (χ0v) is 11.2. The van der Waals surface area contributed by atoms with Crippen molar-refractivity contribution in [2.45, 2.75) is 13.0 Å². The smallest absolute Gasteiger partial charge is 0.274 e. The van der Waals surface area contributed by atoms with Crippen LogP contribution >= 0.6 is 0 Å². The normalized spacial score (nSPS) is 18.6. The molecule has 8 heteroatoms. The minimum absolute atomic E-state index is 0.0248. The van der Waals surface area contributed by atoms with Crippen molar-refractivity contribution in [2.75, 3.05) is 31.1 Å². The van der Waals surface area contributed by atoms with Crippen molar-refractivity contribution < 1.29 is 9.72 Å². The summed E-state index contributed by atoms with van der Waals surface area (Å²) < 4.78 is 0. The third-order valence-electron chi connectivity index (χ3n) is 3.13. The number of nitro groups is 1. The van der Waals surface area contributed by atoms with E-state index in [4.69, 9.17) is 0 Å². The molecule has 2 heterocycles. The van der Waals surface area contributed by atoms with E-state index >= 15 is 0 Å². The van der Waals surface area contributed by atoms with Crippen LogP contribution in [0.4, 0.5) is 11.5 Å². The minimum atomic E-state index is -0.464. The van der Waals surface area contributed by atoms with Gasteiger partial charge in [0.2, 0.25) is 5.91 Å². The second-order valence-electron chi connectivity index (χ2n) is 4.44. The van der Waals surface area contributed by atoms with Gasteiger partial charge in [-0.1, -0.05) is 0 Å². The molecule has 1 amide bonds. The van der Waals surface area contributed by atoms with Gasteiger partial charge in [-0.15, -0.1) is 0 Å². The quantitative estimate of drug-likeness (QED) is 0.590. The molecule has 20 heavy (non-hydrogen) atoms. The molecule has 1 fully saturated rings. The molecule has 1 aromatic rings. The fraction of sp³-hybridized carbons (Fsp3) is 0.500. The summed E-state index contributed by atoms with van der Waals surface area (Å²) in [7, 11) is 0. The number of rotatable bonds is 4. The Morgan fingerprint density at radius 2 is 2.50 bits per heavy atom. The second kappa shape index (κ2) is 6.29. The van der Waals surface area contributed by atoms with Gasteiger partial charge in [-0.2, -0.15) is 0 Å². The summed E-state index contributed by atoms with van der Waals surface area (Å²) in [4.78, 5) is 28.4. The van der Waals surface area contributed by atoms with E-state index < -0.39 is 11.0 Å². The molecule has 1 unspecified atom stereocenters. The Morgan fingerprint density at radius 3 is 3.20 bits per heavy atom. The standard InChI is InChI=1S/C12H17N5O3/c1-2-14-12(18)10-8-13-5-6-16(10)11-7-9(17(19)20)3-4-15-11/h3-4,7,10,13H,2,5-6,8H2,1H3,(H,14,18). The zero-order chi connectivity index (χ0) is 14.5. The molecule has 1 saturated heterocycles. The molecule has 0 aromatic carbocycles. The third-order valence-corrected chi connectivity index (χ3v) is 3.13. The van der Waals surface area contributed by atoms with Crippen LogP contribution in [0, 0.1) is 10.1 Å². The number of nitrogens with one attached hydrogen (secondary N) is 2. The number of carbonyl (C=O) groups excluding carboxylic acids is 1. The molecular weight excluding hydrogens is 262 g/mol. The zero-order valence-electron chi connectivity index (χ0n) is 11.2. The number of piperazine rings is 1. The maximum absolute atomic E-state index is 12.0. The summed E-state index contributed by atoms with van der Waals surface area (Å²) in [6.45, 7) is 4.18. The highest BCUT2D eigenvalue weighted by molar-refractivity contribution is 5.85. The molecule has 0 bridgehead atoms. The Morgan fingerprint density at radius 1 is 1.70 bits per heavy atom. The number of amides is 1. The molecule has 1 aliphatic rings. The van der Waals surface area contributed by atoms with Gasteiger partial charge in [0.15, 0.2) is 0 Å². The topological polar surface area (TPSA) is 100 Å². The van der Waals surface area contributed by atoms with Gasteiger partial charge in [0, 0.05) is 38.4 Å². The molecule has 1 aliphatic heterocycles. The minimum Gasteiger partial charge on any atom is -0.355 e. The Bertz CT molecular complexity index is 508. The predicted octanol–water partition coefficient (Wildman–Crippen LogP) is -0.0959. The van der Waals surface area contributed by atoms with Crippen LogP contribution in [0.2, 0.25) is 0 Å². The summed E-state index contributed by atoms with van der Waals surface area (Å²) in [5, 5.41) is 16.7. The summed E-state index contributed by atoms with van der Waals surface area (Å²) in [6, 6.07) is 2.34. The number of pyridine rings is 1. The van der Waals surface area contributed by atoms with Gasteiger partial charge in [-0.05, 0) is 6.92 Å². The first-order chi connectivity index (χ1) is 9.63.